The van der Waals surface area contributed by atoms with E-state index in [9.17, 15) is 9.59 Å². The quantitative estimate of drug-likeness (QED) is 0.625. The molecule has 6 nitrogen and oxygen atoms in total. The molecule has 2 heterocycles. The maximum atomic E-state index is 13.1. The molecule has 1 aliphatic heterocycles. The van der Waals surface area contributed by atoms with E-state index in [0.29, 0.717) is 24.2 Å². The average molecular weight is 402 g/mol. The fourth-order valence-corrected chi connectivity index (χ4v) is 3.81. The first-order valence-electron chi connectivity index (χ1n) is 10.2. The van der Waals surface area contributed by atoms with Crippen LogP contribution in [0.15, 0.2) is 54.7 Å². The lowest BCUT2D eigenvalue weighted by molar-refractivity contribution is 0.0745. The molecule has 0 spiro atoms. The fourth-order valence-electron chi connectivity index (χ4n) is 3.81. The van der Waals surface area contributed by atoms with Crippen molar-refractivity contribution in [2.45, 2.75) is 20.8 Å². The molecule has 30 heavy (non-hydrogen) atoms. The summed E-state index contributed by atoms with van der Waals surface area (Å²) in [5, 5.41) is 4.45. The second-order valence-corrected chi connectivity index (χ2v) is 7.77. The summed E-state index contributed by atoms with van der Waals surface area (Å²) in [6.07, 6.45) is 1.67. The molecule has 1 amide bonds. The smallest absolute Gasteiger partial charge is 0.257 e. The lowest BCUT2D eigenvalue weighted by atomic mass is 10.1. The van der Waals surface area contributed by atoms with Gasteiger partial charge < -0.3 is 9.80 Å². The number of nitrogens with zero attached hydrogens (tertiary/aromatic N) is 4. The second-order valence-electron chi connectivity index (χ2n) is 7.77. The molecule has 0 aliphatic carbocycles. The van der Waals surface area contributed by atoms with E-state index in [2.05, 4.69) is 10.00 Å². The van der Waals surface area contributed by atoms with Crippen molar-refractivity contribution in [1.82, 2.24) is 14.7 Å². The van der Waals surface area contributed by atoms with Crippen LogP contribution in [0.3, 0.4) is 0 Å². The Morgan fingerprint density at radius 2 is 1.43 bits per heavy atom. The van der Waals surface area contributed by atoms with Gasteiger partial charge in [0.2, 0.25) is 0 Å². The lowest BCUT2D eigenvalue weighted by Crippen LogP contribution is -2.48. The molecular formula is C24H26N4O2. The highest BCUT2D eigenvalue weighted by Gasteiger charge is 2.25. The van der Waals surface area contributed by atoms with Crippen LogP contribution in [0, 0.1) is 13.8 Å². The molecule has 1 aliphatic rings. The molecule has 0 saturated carbocycles. The van der Waals surface area contributed by atoms with Gasteiger partial charge in [-0.1, -0.05) is 17.7 Å². The summed E-state index contributed by atoms with van der Waals surface area (Å²) in [6.45, 7) is 8.39. The SMILES string of the molecule is CC(=O)c1ccc(N2CCN(C(=O)c3cnn(-c4ccc(C)cc4)c3C)CC2)cc1. The van der Waals surface area contributed by atoms with Crippen LogP contribution in [0.4, 0.5) is 5.69 Å². The van der Waals surface area contributed by atoms with Crippen LogP contribution in [0.25, 0.3) is 5.69 Å². The molecule has 1 saturated heterocycles. The summed E-state index contributed by atoms with van der Waals surface area (Å²) < 4.78 is 1.82. The first-order chi connectivity index (χ1) is 14.4. The van der Waals surface area contributed by atoms with E-state index in [-0.39, 0.29) is 11.7 Å². The normalized spacial score (nSPS) is 14.1. The van der Waals surface area contributed by atoms with Crippen LogP contribution >= 0.6 is 0 Å². The third-order valence-electron chi connectivity index (χ3n) is 5.72. The number of aromatic nitrogens is 2. The van der Waals surface area contributed by atoms with Gasteiger partial charge in [-0.2, -0.15) is 5.10 Å². The molecule has 0 unspecified atom stereocenters. The lowest BCUT2D eigenvalue weighted by Gasteiger charge is -2.36. The maximum Gasteiger partial charge on any atom is 0.257 e. The molecule has 4 rings (SSSR count). The number of carbonyl (C=O) groups is 2. The zero-order chi connectivity index (χ0) is 21.3. The number of ketones is 1. The van der Waals surface area contributed by atoms with Gasteiger partial charge in [0, 0.05) is 37.4 Å². The van der Waals surface area contributed by atoms with E-state index in [4.69, 9.17) is 0 Å². The number of hydrogen-bond acceptors (Lipinski definition) is 4. The first-order valence-corrected chi connectivity index (χ1v) is 10.2. The predicted molar refractivity (Wildman–Crippen MR) is 118 cm³/mol. The van der Waals surface area contributed by atoms with Gasteiger partial charge in [0.15, 0.2) is 5.78 Å². The predicted octanol–water partition coefficient (Wildman–Crippen LogP) is 3.65. The number of benzene rings is 2. The highest BCUT2D eigenvalue weighted by atomic mass is 16.2. The maximum absolute atomic E-state index is 13.1. The minimum absolute atomic E-state index is 0.0254. The molecular weight excluding hydrogens is 376 g/mol. The van der Waals surface area contributed by atoms with Gasteiger partial charge in [-0.3, -0.25) is 9.59 Å². The Hall–Kier alpha value is -3.41. The number of piperazine rings is 1. The minimum atomic E-state index is 0.0254. The molecule has 0 radical (unpaired) electrons. The van der Waals surface area contributed by atoms with Gasteiger partial charge in [-0.15, -0.1) is 0 Å². The number of anilines is 1. The van der Waals surface area contributed by atoms with Crippen molar-refractivity contribution in [2.24, 2.45) is 0 Å². The van der Waals surface area contributed by atoms with E-state index in [0.717, 1.165) is 30.2 Å². The number of hydrogen-bond donors (Lipinski definition) is 0. The Kier molecular flexibility index (Phi) is 5.40. The van der Waals surface area contributed by atoms with Crippen LogP contribution < -0.4 is 4.90 Å². The minimum Gasteiger partial charge on any atom is -0.368 e. The Balaban J connectivity index is 1.43. The Bertz CT molecular complexity index is 1060. The van der Waals surface area contributed by atoms with Crippen LogP contribution in [-0.4, -0.2) is 52.5 Å². The summed E-state index contributed by atoms with van der Waals surface area (Å²) in [7, 11) is 0. The average Bonchev–Trinajstić information content (AvgIpc) is 3.15. The monoisotopic (exact) mass is 402 g/mol. The third kappa shape index (κ3) is 3.85. The molecule has 6 heteroatoms. The number of carbonyl (C=O) groups excluding carboxylic acids is 2. The molecule has 154 valence electrons. The zero-order valence-corrected chi connectivity index (χ0v) is 17.6. The summed E-state index contributed by atoms with van der Waals surface area (Å²) in [5.74, 6) is 0.0935. The largest absolute Gasteiger partial charge is 0.368 e. The second kappa shape index (κ2) is 8.14. The van der Waals surface area contributed by atoms with Crippen LogP contribution in [-0.2, 0) is 0 Å². The van der Waals surface area contributed by atoms with Crippen molar-refractivity contribution in [1.29, 1.82) is 0 Å². The number of aryl methyl sites for hydroxylation is 1. The van der Waals surface area contributed by atoms with Gasteiger partial charge >= 0.3 is 0 Å². The molecule has 1 fully saturated rings. The fraction of sp³-hybridized carbons (Fsp3) is 0.292. The van der Waals surface area contributed by atoms with Gasteiger partial charge in [-0.25, -0.2) is 4.68 Å². The number of amides is 1. The third-order valence-corrected chi connectivity index (χ3v) is 5.72. The summed E-state index contributed by atoms with van der Waals surface area (Å²) in [5.41, 5.74) is 5.44. The highest BCUT2D eigenvalue weighted by molar-refractivity contribution is 5.95. The molecule has 0 atom stereocenters. The Morgan fingerprint density at radius 3 is 2.03 bits per heavy atom. The van der Waals surface area contributed by atoms with Crippen molar-refractivity contribution < 1.29 is 9.59 Å². The van der Waals surface area contributed by atoms with E-state index >= 15 is 0 Å². The summed E-state index contributed by atoms with van der Waals surface area (Å²) in [6, 6.07) is 15.8. The van der Waals surface area contributed by atoms with Gasteiger partial charge in [-0.05, 0) is 57.2 Å². The first kappa shape index (κ1) is 19.9. The van der Waals surface area contributed by atoms with Crippen molar-refractivity contribution in [2.75, 3.05) is 31.1 Å². The topological polar surface area (TPSA) is 58.4 Å². The van der Waals surface area contributed by atoms with Crippen molar-refractivity contribution in [3.05, 3.63) is 77.1 Å². The van der Waals surface area contributed by atoms with Crippen molar-refractivity contribution in [3.8, 4) is 5.69 Å². The summed E-state index contributed by atoms with van der Waals surface area (Å²) >= 11 is 0. The molecule has 0 N–H and O–H groups in total. The Labute approximate surface area is 176 Å². The van der Waals surface area contributed by atoms with Crippen molar-refractivity contribution in [3.63, 3.8) is 0 Å². The number of rotatable bonds is 4. The van der Waals surface area contributed by atoms with Crippen LogP contribution in [0.5, 0.6) is 0 Å². The highest BCUT2D eigenvalue weighted by Crippen LogP contribution is 2.20. The van der Waals surface area contributed by atoms with Gasteiger partial charge in [0.1, 0.15) is 0 Å². The van der Waals surface area contributed by atoms with E-state index < -0.39 is 0 Å². The van der Waals surface area contributed by atoms with E-state index in [1.165, 1.54) is 5.56 Å². The zero-order valence-electron chi connectivity index (χ0n) is 17.6. The van der Waals surface area contributed by atoms with Crippen LogP contribution in [0.2, 0.25) is 0 Å². The molecule has 1 aromatic heterocycles. The number of Topliss-reactive ketones (excluding diaryl/α,β-unsaturated/α-hetero) is 1. The standard InChI is InChI=1S/C24H26N4O2/c1-17-4-8-22(9-5-17)28-18(2)23(16-25-28)24(30)27-14-12-26(13-15-27)21-10-6-20(7-11-21)19(3)29/h4-11,16H,12-15H2,1-3H3. The summed E-state index contributed by atoms with van der Waals surface area (Å²) in [4.78, 5) is 28.7. The molecule has 3 aromatic rings. The van der Waals surface area contributed by atoms with E-state index in [1.54, 1.807) is 13.1 Å². The van der Waals surface area contributed by atoms with E-state index in [1.807, 2.05) is 72.0 Å². The van der Waals surface area contributed by atoms with Gasteiger partial charge in [0.25, 0.3) is 5.91 Å². The van der Waals surface area contributed by atoms with Crippen molar-refractivity contribution >= 4 is 17.4 Å². The Morgan fingerprint density at radius 1 is 0.833 bits per heavy atom. The molecule has 2 aromatic carbocycles. The molecule has 0 bridgehead atoms. The van der Waals surface area contributed by atoms with Crippen LogP contribution in [0.1, 0.15) is 38.9 Å². The van der Waals surface area contributed by atoms with Gasteiger partial charge in [0.05, 0.1) is 23.1 Å².